The average Bonchev–Trinajstić information content (AvgIpc) is 2.00. The Labute approximate surface area is 77.8 Å². The van der Waals surface area contributed by atoms with Gasteiger partial charge in [0.25, 0.3) is 0 Å². The predicted octanol–water partition coefficient (Wildman–Crippen LogP) is 1.43. The first-order valence-electron chi connectivity index (χ1n) is 3.21. The molecule has 0 aliphatic carbocycles. The van der Waals surface area contributed by atoms with Gasteiger partial charge in [0.2, 0.25) is 6.41 Å². The summed E-state index contributed by atoms with van der Waals surface area (Å²) in [5.41, 5.74) is 0.818. The van der Waals surface area contributed by atoms with E-state index in [0.29, 0.717) is 22.4 Å². The van der Waals surface area contributed by atoms with Gasteiger partial charge in [-0.1, -0.05) is 0 Å². The van der Waals surface area contributed by atoms with Crippen LogP contribution in [-0.4, -0.2) is 16.5 Å². The van der Waals surface area contributed by atoms with E-state index in [9.17, 15) is 9.90 Å². The van der Waals surface area contributed by atoms with E-state index in [2.05, 4.69) is 26.2 Å². The fourth-order valence-corrected chi connectivity index (χ4v) is 1.30. The molecule has 0 fully saturated rings. The molecular weight excluding hydrogens is 224 g/mol. The number of anilines is 1. The van der Waals surface area contributed by atoms with Crippen LogP contribution in [0.2, 0.25) is 0 Å². The lowest BCUT2D eigenvalue weighted by atomic mass is 10.3. The van der Waals surface area contributed by atoms with Gasteiger partial charge in [0, 0.05) is 0 Å². The topological polar surface area (TPSA) is 62.2 Å². The van der Waals surface area contributed by atoms with E-state index >= 15 is 0 Å². The van der Waals surface area contributed by atoms with Gasteiger partial charge in [-0.05, 0) is 28.9 Å². The Morgan fingerprint density at radius 3 is 3.00 bits per heavy atom. The lowest BCUT2D eigenvalue weighted by molar-refractivity contribution is -0.105. The second-order valence-electron chi connectivity index (χ2n) is 2.19. The zero-order valence-corrected chi connectivity index (χ0v) is 7.92. The Bertz CT molecular complexity index is 315. The minimum absolute atomic E-state index is 0.00898. The van der Waals surface area contributed by atoms with Crippen LogP contribution in [0.3, 0.4) is 0 Å². The van der Waals surface area contributed by atoms with Gasteiger partial charge in [-0.2, -0.15) is 0 Å². The number of nitrogens with zero attached hydrogens (tertiary/aromatic N) is 1. The van der Waals surface area contributed by atoms with Gasteiger partial charge in [0.15, 0.2) is 5.75 Å². The van der Waals surface area contributed by atoms with Gasteiger partial charge in [0.1, 0.15) is 4.60 Å². The van der Waals surface area contributed by atoms with Gasteiger partial charge in [-0.15, -0.1) is 0 Å². The second kappa shape index (κ2) is 3.53. The SMILES string of the molecule is Cc1nc(Br)cc(NC=O)c1O. The van der Waals surface area contributed by atoms with Gasteiger partial charge >= 0.3 is 0 Å². The van der Waals surface area contributed by atoms with E-state index in [4.69, 9.17) is 0 Å². The lowest BCUT2D eigenvalue weighted by Crippen LogP contribution is -1.96. The third-order valence-corrected chi connectivity index (χ3v) is 1.76. The number of nitrogens with one attached hydrogen (secondary N) is 1. The van der Waals surface area contributed by atoms with Crippen LogP contribution in [0.5, 0.6) is 5.75 Å². The summed E-state index contributed by atoms with van der Waals surface area (Å²) in [5.74, 6) is -0.00898. The molecule has 12 heavy (non-hydrogen) atoms. The number of aromatic hydroxyl groups is 1. The highest BCUT2D eigenvalue weighted by atomic mass is 79.9. The maximum Gasteiger partial charge on any atom is 0.211 e. The van der Waals surface area contributed by atoms with Crippen molar-refractivity contribution >= 4 is 28.0 Å². The Hall–Kier alpha value is -1.10. The molecule has 0 aliphatic heterocycles. The van der Waals surface area contributed by atoms with Gasteiger partial charge in [-0.3, -0.25) is 4.79 Å². The van der Waals surface area contributed by atoms with E-state index in [1.165, 1.54) is 6.07 Å². The molecule has 1 amide bonds. The molecule has 0 aromatic carbocycles. The van der Waals surface area contributed by atoms with E-state index < -0.39 is 0 Å². The van der Waals surface area contributed by atoms with Crippen LogP contribution in [0.15, 0.2) is 10.7 Å². The summed E-state index contributed by atoms with van der Waals surface area (Å²) in [7, 11) is 0. The monoisotopic (exact) mass is 230 g/mol. The fourth-order valence-electron chi connectivity index (χ4n) is 0.801. The summed E-state index contributed by atoms with van der Waals surface area (Å²) in [6.07, 6.45) is 0.501. The first-order chi connectivity index (χ1) is 5.65. The maximum absolute atomic E-state index is 10.1. The minimum Gasteiger partial charge on any atom is -0.504 e. The summed E-state index contributed by atoms with van der Waals surface area (Å²) in [6.45, 7) is 1.65. The molecule has 64 valence electrons. The molecule has 4 nitrogen and oxygen atoms in total. The van der Waals surface area contributed by atoms with E-state index in [1.807, 2.05) is 0 Å². The summed E-state index contributed by atoms with van der Waals surface area (Å²) >= 11 is 3.14. The van der Waals surface area contributed by atoms with Crippen LogP contribution in [0.4, 0.5) is 5.69 Å². The third kappa shape index (κ3) is 1.73. The molecule has 1 rings (SSSR count). The molecular formula is C7H7BrN2O2. The molecule has 1 aromatic rings. The van der Waals surface area contributed by atoms with Crippen LogP contribution < -0.4 is 5.32 Å². The average molecular weight is 231 g/mol. The number of halogens is 1. The number of pyridine rings is 1. The summed E-state index contributed by atoms with van der Waals surface area (Å²) < 4.78 is 0.571. The maximum atomic E-state index is 10.1. The van der Waals surface area contributed by atoms with Crippen molar-refractivity contribution in [1.29, 1.82) is 0 Å². The Balaban J connectivity index is 3.17. The molecule has 0 saturated heterocycles. The Morgan fingerprint density at radius 1 is 1.75 bits per heavy atom. The standard InChI is InChI=1S/C7H7BrN2O2/c1-4-7(12)5(9-3-11)2-6(8)10-4/h2-3,12H,1H3,(H,9,10,11). The molecule has 0 bridgehead atoms. The van der Waals surface area contributed by atoms with Crippen molar-refractivity contribution in [3.63, 3.8) is 0 Å². The largest absolute Gasteiger partial charge is 0.504 e. The number of aromatic nitrogens is 1. The number of aryl methyl sites for hydroxylation is 1. The molecule has 1 heterocycles. The molecule has 5 heteroatoms. The normalized spacial score (nSPS) is 9.50. The summed E-state index contributed by atoms with van der Waals surface area (Å²) in [5, 5.41) is 11.7. The first-order valence-corrected chi connectivity index (χ1v) is 4.00. The highest BCUT2D eigenvalue weighted by Crippen LogP contribution is 2.27. The molecule has 0 unspecified atom stereocenters. The number of hydrogen-bond acceptors (Lipinski definition) is 3. The first kappa shape index (κ1) is 8.99. The van der Waals surface area contributed by atoms with Gasteiger partial charge in [0.05, 0.1) is 11.4 Å². The van der Waals surface area contributed by atoms with Gasteiger partial charge in [-0.25, -0.2) is 4.98 Å². The van der Waals surface area contributed by atoms with Crippen molar-refractivity contribution in [2.75, 3.05) is 5.32 Å². The van der Waals surface area contributed by atoms with Crippen LogP contribution >= 0.6 is 15.9 Å². The van der Waals surface area contributed by atoms with Crippen molar-refractivity contribution in [2.24, 2.45) is 0 Å². The number of rotatable bonds is 2. The molecule has 0 atom stereocenters. The Kier molecular flexibility index (Phi) is 2.65. The van der Waals surface area contributed by atoms with E-state index in [0.717, 1.165) is 0 Å². The van der Waals surface area contributed by atoms with Crippen molar-refractivity contribution in [3.05, 3.63) is 16.4 Å². The third-order valence-electron chi connectivity index (χ3n) is 1.35. The Morgan fingerprint density at radius 2 is 2.42 bits per heavy atom. The van der Waals surface area contributed by atoms with Crippen LogP contribution in [0, 0.1) is 6.92 Å². The van der Waals surface area contributed by atoms with E-state index in [1.54, 1.807) is 6.92 Å². The van der Waals surface area contributed by atoms with Crippen LogP contribution in [0.1, 0.15) is 5.69 Å². The van der Waals surface area contributed by atoms with Crippen molar-refractivity contribution in [1.82, 2.24) is 4.98 Å². The molecule has 2 N–H and O–H groups in total. The molecule has 1 aromatic heterocycles. The summed E-state index contributed by atoms with van der Waals surface area (Å²) in [6, 6.07) is 1.52. The second-order valence-corrected chi connectivity index (χ2v) is 3.00. The number of carbonyl (C=O) groups is 1. The minimum atomic E-state index is -0.00898. The smallest absolute Gasteiger partial charge is 0.211 e. The van der Waals surface area contributed by atoms with Crippen LogP contribution in [0.25, 0.3) is 0 Å². The predicted molar refractivity (Wildman–Crippen MR) is 48.0 cm³/mol. The lowest BCUT2D eigenvalue weighted by Gasteiger charge is -2.04. The van der Waals surface area contributed by atoms with Crippen molar-refractivity contribution in [3.8, 4) is 5.75 Å². The molecule has 0 aliphatic rings. The summed E-state index contributed by atoms with van der Waals surface area (Å²) in [4.78, 5) is 14.0. The molecule has 0 spiro atoms. The molecule has 0 saturated carbocycles. The van der Waals surface area contributed by atoms with Gasteiger partial charge < -0.3 is 10.4 Å². The van der Waals surface area contributed by atoms with Crippen molar-refractivity contribution < 1.29 is 9.90 Å². The molecule has 0 radical (unpaired) electrons. The van der Waals surface area contributed by atoms with E-state index in [-0.39, 0.29) is 5.75 Å². The highest BCUT2D eigenvalue weighted by Gasteiger charge is 2.05. The quantitative estimate of drug-likeness (QED) is 0.597. The zero-order valence-electron chi connectivity index (χ0n) is 6.34. The number of carbonyl (C=O) groups excluding carboxylic acids is 1. The highest BCUT2D eigenvalue weighted by molar-refractivity contribution is 9.10. The number of hydrogen-bond donors (Lipinski definition) is 2. The number of amides is 1. The van der Waals surface area contributed by atoms with Crippen molar-refractivity contribution in [2.45, 2.75) is 6.92 Å². The zero-order chi connectivity index (χ0) is 9.14. The van der Waals surface area contributed by atoms with Crippen LogP contribution in [-0.2, 0) is 4.79 Å². The fraction of sp³-hybridized carbons (Fsp3) is 0.143.